The largest absolute Gasteiger partial charge is 0.374 e. The van der Waals surface area contributed by atoms with Gasteiger partial charge in [-0.25, -0.2) is 0 Å². The van der Waals surface area contributed by atoms with Crippen LogP contribution < -0.4 is 5.32 Å². The molecule has 0 aliphatic heterocycles. The molecule has 0 fully saturated rings. The van der Waals surface area contributed by atoms with Gasteiger partial charge >= 0.3 is 0 Å². The minimum atomic E-state index is 0.570. The van der Waals surface area contributed by atoms with Crippen LogP contribution in [0.25, 0.3) is 0 Å². The second kappa shape index (κ2) is 7.86. The molecule has 0 atom stereocenters. The van der Waals surface area contributed by atoms with Gasteiger partial charge < -0.3 is 5.32 Å². The Morgan fingerprint density at radius 1 is 1.33 bits per heavy atom. The first-order valence-corrected chi connectivity index (χ1v) is 7.49. The fourth-order valence-electron chi connectivity index (χ4n) is 0.928. The van der Waals surface area contributed by atoms with Gasteiger partial charge in [0.25, 0.3) is 0 Å². The van der Waals surface area contributed by atoms with Gasteiger partial charge in [-0.15, -0.1) is 6.42 Å². The summed E-state index contributed by atoms with van der Waals surface area (Å²) in [5, 5.41) is 3.12. The Morgan fingerprint density at radius 2 is 2.07 bits per heavy atom. The monoisotopic (exact) mass is 255 g/mol. The molecule has 15 heavy (non-hydrogen) atoms. The number of hydrogen-bond donors (Lipinski definition) is 2. The smallest absolute Gasteiger partial charge is 0.0763 e. The average Bonchev–Trinajstić information content (AvgIpc) is 2.28. The van der Waals surface area contributed by atoms with E-state index in [1.807, 2.05) is 22.9 Å². The van der Waals surface area contributed by atoms with Crippen molar-refractivity contribution in [2.75, 3.05) is 23.4 Å². The number of hydrogen-bond acceptors (Lipinski definition) is 4. The highest BCUT2D eigenvalue weighted by atomic mass is 33.1. The second-order valence-corrected chi connectivity index (χ2v) is 5.65. The Bertz CT molecular complexity index is 316. The van der Waals surface area contributed by atoms with Crippen molar-refractivity contribution in [3.63, 3.8) is 0 Å². The fraction of sp³-hybridized carbons (Fsp3) is 0.273. The van der Waals surface area contributed by atoms with Gasteiger partial charge in [0.2, 0.25) is 0 Å². The van der Waals surface area contributed by atoms with Gasteiger partial charge in [0, 0.05) is 22.1 Å². The van der Waals surface area contributed by atoms with Crippen molar-refractivity contribution in [1.29, 1.82) is 0 Å². The molecule has 0 bridgehead atoms. The summed E-state index contributed by atoms with van der Waals surface area (Å²) in [4.78, 5) is 1.26. The Kier molecular flexibility index (Phi) is 6.66. The topological polar surface area (TPSA) is 12.0 Å². The maximum absolute atomic E-state index is 5.16. The van der Waals surface area contributed by atoms with Crippen molar-refractivity contribution in [3.8, 4) is 12.3 Å². The summed E-state index contributed by atoms with van der Waals surface area (Å²) in [7, 11) is 3.59. The number of thiol groups is 1. The Labute approximate surface area is 105 Å². The van der Waals surface area contributed by atoms with Gasteiger partial charge in [0.1, 0.15) is 0 Å². The maximum atomic E-state index is 5.16. The highest BCUT2D eigenvalue weighted by Gasteiger charge is 1.95. The summed E-state index contributed by atoms with van der Waals surface area (Å²) in [5.41, 5.74) is 1.07. The lowest BCUT2D eigenvalue weighted by molar-refractivity contribution is 1.36. The van der Waals surface area contributed by atoms with E-state index in [4.69, 9.17) is 6.42 Å². The lowest BCUT2D eigenvalue weighted by atomic mass is 10.3. The van der Waals surface area contributed by atoms with Crippen LogP contribution in [0.15, 0.2) is 29.2 Å². The molecule has 0 aromatic heterocycles. The third kappa shape index (κ3) is 5.31. The predicted molar refractivity (Wildman–Crippen MR) is 75.9 cm³/mol. The van der Waals surface area contributed by atoms with Crippen LogP contribution in [0.5, 0.6) is 0 Å². The van der Waals surface area contributed by atoms with Gasteiger partial charge in [-0.1, -0.05) is 27.5 Å². The van der Waals surface area contributed by atoms with Crippen molar-refractivity contribution in [1.82, 2.24) is 0 Å². The van der Waals surface area contributed by atoms with E-state index in [1.54, 1.807) is 10.8 Å². The summed E-state index contributed by atoms with van der Waals surface area (Å²) >= 11 is 4.16. The average molecular weight is 255 g/mol. The highest BCUT2D eigenvalue weighted by Crippen LogP contribution is 2.31. The van der Waals surface area contributed by atoms with E-state index in [1.165, 1.54) is 4.90 Å². The molecular formula is C11H13NS3. The zero-order chi connectivity index (χ0) is 10.9. The van der Waals surface area contributed by atoms with E-state index in [9.17, 15) is 0 Å². The fourth-order valence-corrected chi connectivity index (χ4v) is 3.36. The molecule has 1 aromatic rings. The molecule has 0 spiro atoms. The molecule has 0 radical (unpaired) electrons. The molecule has 0 heterocycles. The van der Waals surface area contributed by atoms with E-state index >= 15 is 0 Å². The molecule has 0 aliphatic rings. The minimum absolute atomic E-state index is 0.570. The van der Waals surface area contributed by atoms with Gasteiger partial charge in [-0.05, 0) is 24.3 Å². The third-order valence-corrected chi connectivity index (χ3v) is 4.49. The summed E-state index contributed by atoms with van der Waals surface area (Å²) in [6.45, 7) is 0.570. The molecule has 0 amide bonds. The standard InChI is InChI=1S/C11H13NS3/c1-2-7-12-10-3-5-11(6-4-10)15-14-9-8-13/h1,3-6,12-13H,7-9H2. The first-order chi connectivity index (χ1) is 7.36. The quantitative estimate of drug-likeness (QED) is 0.350. The van der Waals surface area contributed by atoms with Gasteiger partial charge in [-0.2, -0.15) is 12.6 Å². The lowest BCUT2D eigenvalue weighted by Gasteiger charge is -2.03. The second-order valence-electron chi connectivity index (χ2n) is 2.71. The zero-order valence-corrected chi connectivity index (χ0v) is 10.8. The van der Waals surface area contributed by atoms with Crippen LogP contribution in [-0.2, 0) is 0 Å². The summed E-state index contributed by atoms with van der Waals surface area (Å²) in [6, 6.07) is 8.27. The third-order valence-electron chi connectivity index (χ3n) is 1.58. The van der Waals surface area contributed by atoms with Crippen molar-refractivity contribution < 1.29 is 0 Å². The van der Waals surface area contributed by atoms with Crippen LogP contribution in [0.1, 0.15) is 0 Å². The molecule has 1 aromatic carbocycles. The van der Waals surface area contributed by atoms with E-state index in [0.29, 0.717) is 6.54 Å². The molecule has 0 unspecified atom stereocenters. The van der Waals surface area contributed by atoms with Crippen LogP contribution in [0, 0.1) is 12.3 Å². The molecular weight excluding hydrogens is 242 g/mol. The van der Waals surface area contributed by atoms with Crippen molar-refractivity contribution >= 4 is 39.9 Å². The van der Waals surface area contributed by atoms with Crippen LogP contribution in [0.3, 0.4) is 0 Å². The maximum Gasteiger partial charge on any atom is 0.0763 e. The Balaban J connectivity index is 2.39. The molecule has 1 nitrogen and oxygen atoms in total. The summed E-state index contributed by atoms with van der Waals surface area (Å²) < 4.78 is 0. The molecule has 0 saturated carbocycles. The molecule has 80 valence electrons. The van der Waals surface area contributed by atoms with Crippen molar-refractivity contribution in [2.24, 2.45) is 0 Å². The van der Waals surface area contributed by atoms with Gasteiger partial charge in [0.15, 0.2) is 0 Å². The molecule has 4 heteroatoms. The number of nitrogens with one attached hydrogen (secondary N) is 1. The number of rotatable bonds is 6. The minimum Gasteiger partial charge on any atom is -0.374 e. The molecule has 1 rings (SSSR count). The number of benzene rings is 1. The first kappa shape index (κ1) is 12.7. The number of terminal acetylenes is 1. The van der Waals surface area contributed by atoms with E-state index in [2.05, 4.69) is 36.0 Å². The SMILES string of the molecule is C#CCNc1ccc(SSCCS)cc1. The van der Waals surface area contributed by atoms with E-state index in [0.717, 1.165) is 17.2 Å². The van der Waals surface area contributed by atoms with Crippen LogP contribution in [0.4, 0.5) is 5.69 Å². The Morgan fingerprint density at radius 3 is 2.67 bits per heavy atom. The van der Waals surface area contributed by atoms with Crippen LogP contribution in [0.2, 0.25) is 0 Å². The van der Waals surface area contributed by atoms with Crippen LogP contribution >= 0.6 is 34.2 Å². The highest BCUT2D eigenvalue weighted by molar-refractivity contribution is 8.76. The summed E-state index contributed by atoms with van der Waals surface area (Å²) in [6.07, 6.45) is 5.16. The molecule has 0 aliphatic carbocycles. The molecule has 1 N–H and O–H groups in total. The number of anilines is 1. The summed E-state index contributed by atoms with van der Waals surface area (Å²) in [5.74, 6) is 4.52. The normalized spacial score (nSPS) is 9.60. The molecule has 0 saturated heterocycles. The zero-order valence-electron chi connectivity index (χ0n) is 8.27. The first-order valence-electron chi connectivity index (χ1n) is 4.54. The van der Waals surface area contributed by atoms with Crippen LogP contribution in [-0.4, -0.2) is 18.1 Å². The van der Waals surface area contributed by atoms with E-state index in [-0.39, 0.29) is 0 Å². The lowest BCUT2D eigenvalue weighted by Crippen LogP contribution is -1.97. The van der Waals surface area contributed by atoms with Gasteiger partial charge in [-0.3, -0.25) is 0 Å². The predicted octanol–water partition coefficient (Wildman–Crippen LogP) is 3.40. The van der Waals surface area contributed by atoms with Crippen molar-refractivity contribution in [3.05, 3.63) is 24.3 Å². The Hall–Kier alpha value is -0.370. The van der Waals surface area contributed by atoms with E-state index < -0.39 is 0 Å². The van der Waals surface area contributed by atoms with Gasteiger partial charge in [0.05, 0.1) is 6.54 Å². The van der Waals surface area contributed by atoms with Crippen molar-refractivity contribution in [2.45, 2.75) is 4.90 Å².